The minimum atomic E-state index is -0.836. The minimum absolute atomic E-state index is 0.157. The number of epoxide rings is 1. The van der Waals surface area contributed by atoms with Crippen LogP contribution in [0.1, 0.15) is 47.0 Å². The molecule has 0 spiro atoms. The summed E-state index contributed by atoms with van der Waals surface area (Å²) in [6.07, 6.45) is -1.18. The third-order valence-corrected chi connectivity index (χ3v) is 5.89. The molecule has 8 nitrogen and oxygen atoms in total. The second-order valence-corrected chi connectivity index (χ2v) is 8.38. The van der Waals surface area contributed by atoms with E-state index >= 15 is 0 Å². The van der Waals surface area contributed by atoms with E-state index in [1.54, 1.807) is 0 Å². The first-order chi connectivity index (χ1) is 13.5. The average molecular weight is 408 g/mol. The van der Waals surface area contributed by atoms with E-state index in [4.69, 9.17) is 18.9 Å². The van der Waals surface area contributed by atoms with E-state index in [1.165, 1.54) is 13.8 Å². The van der Waals surface area contributed by atoms with Gasteiger partial charge in [0, 0.05) is 18.1 Å². The van der Waals surface area contributed by atoms with Crippen LogP contribution in [0.25, 0.3) is 0 Å². The van der Waals surface area contributed by atoms with Crippen molar-refractivity contribution in [3.05, 3.63) is 23.3 Å². The summed E-state index contributed by atoms with van der Waals surface area (Å²) in [6, 6.07) is 0. The molecule has 0 amide bonds. The van der Waals surface area contributed by atoms with Crippen LogP contribution in [0.3, 0.4) is 0 Å². The molecule has 2 fully saturated rings. The summed E-state index contributed by atoms with van der Waals surface area (Å²) in [7, 11) is 0. The fraction of sp³-hybridized carbons (Fsp3) is 0.667. The van der Waals surface area contributed by atoms with E-state index < -0.39 is 47.9 Å². The molecular weight excluding hydrogens is 380 g/mol. The number of esters is 3. The Morgan fingerprint density at radius 3 is 2.66 bits per heavy atom. The second kappa shape index (κ2) is 7.91. The van der Waals surface area contributed by atoms with Gasteiger partial charge in [0.1, 0.15) is 18.8 Å². The first kappa shape index (κ1) is 21.5. The zero-order chi connectivity index (χ0) is 21.5. The van der Waals surface area contributed by atoms with Crippen molar-refractivity contribution in [3.63, 3.8) is 0 Å². The lowest BCUT2D eigenvalue weighted by Crippen LogP contribution is -2.37. The number of carbonyl (C=O) groups is 3. The topological polar surface area (TPSA) is 112 Å². The van der Waals surface area contributed by atoms with Crippen LogP contribution in [0.5, 0.6) is 0 Å². The van der Waals surface area contributed by atoms with Gasteiger partial charge in [0.2, 0.25) is 0 Å². The quantitative estimate of drug-likeness (QED) is 0.323. The molecule has 6 atom stereocenters. The van der Waals surface area contributed by atoms with Gasteiger partial charge >= 0.3 is 17.9 Å². The summed E-state index contributed by atoms with van der Waals surface area (Å²) in [5.74, 6) is -1.98. The van der Waals surface area contributed by atoms with E-state index in [-0.39, 0.29) is 30.1 Å². The van der Waals surface area contributed by atoms with Crippen LogP contribution in [-0.4, -0.2) is 59.6 Å². The molecule has 1 N–H and O–H groups in total. The fourth-order valence-corrected chi connectivity index (χ4v) is 3.98. The van der Waals surface area contributed by atoms with Gasteiger partial charge in [-0.05, 0) is 39.0 Å². The monoisotopic (exact) mass is 408 g/mol. The van der Waals surface area contributed by atoms with Gasteiger partial charge in [-0.1, -0.05) is 13.5 Å². The van der Waals surface area contributed by atoms with E-state index in [9.17, 15) is 19.5 Å². The van der Waals surface area contributed by atoms with Crippen LogP contribution in [0.15, 0.2) is 23.3 Å². The third-order valence-electron chi connectivity index (χ3n) is 5.89. The zero-order valence-corrected chi connectivity index (χ0v) is 17.2. The predicted molar refractivity (Wildman–Crippen MR) is 101 cm³/mol. The highest BCUT2D eigenvalue weighted by atomic mass is 16.6. The standard InChI is InChI=1S/C21H28O8/c1-10(2)19(24)27-15-8-11(3)14(23)6-7-21(5)18(29-21)17-16(15)13(20(25)28-17)9-26-12(4)22/h11,14-15,17-18,23H,1,6-9H2,2-5H3/t11-,14+,15+,17+,18+,21-/m1/s1. The second-order valence-electron chi connectivity index (χ2n) is 8.38. The summed E-state index contributed by atoms with van der Waals surface area (Å²) in [4.78, 5) is 36.2. The first-order valence-electron chi connectivity index (χ1n) is 9.83. The third kappa shape index (κ3) is 4.38. The maximum Gasteiger partial charge on any atom is 0.338 e. The maximum absolute atomic E-state index is 12.6. The van der Waals surface area contributed by atoms with Gasteiger partial charge in [0.25, 0.3) is 0 Å². The van der Waals surface area contributed by atoms with Crippen molar-refractivity contribution in [2.45, 2.75) is 77.0 Å². The first-order valence-corrected chi connectivity index (χ1v) is 9.83. The summed E-state index contributed by atoms with van der Waals surface area (Å²) in [6.45, 7) is 9.88. The van der Waals surface area contributed by atoms with Crippen LogP contribution in [0.4, 0.5) is 0 Å². The van der Waals surface area contributed by atoms with Crippen molar-refractivity contribution in [2.24, 2.45) is 5.92 Å². The highest BCUT2D eigenvalue weighted by molar-refractivity contribution is 5.94. The number of rotatable bonds is 4. The molecule has 0 aromatic rings. The zero-order valence-electron chi connectivity index (χ0n) is 17.2. The Hall–Kier alpha value is -2.19. The normalized spacial score (nSPS) is 36.4. The molecule has 0 aromatic heterocycles. The van der Waals surface area contributed by atoms with E-state index in [1.807, 2.05) is 13.8 Å². The van der Waals surface area contributed by atoms with Gasteiger partial charge in [-0.3, -0.25) is 4.79 Å². The minimum Gasteiger partial charge on any atom is -0.461 e. The van der Waals surface area contributed by atoms with Gasteiger partial charge < -0.3 is 24.1 Å². The SMILES string of the molecule is C=C(C)C(=O)O[C@H]1C[C@@H](C)[C@@H](O)CC[C@@]2(C)O[C@H]2[C@H]2OC(=O)C(COC(C)=O)=C12. The number of carbonyl (C=O) groups excluding carboxylic acids is 3. The number of hydrogen-bond acceptors (Lipinski definition) is 8. The van der Waals surface area contributed by atoms with Crippen molar-refractivity contribution in [2.75, 3.05) is 6.61 Å². The molecule has 0 radical (unpaired) electrons. The van der Waals surface area contributed by atoms with E-state index in [0.717, 1.165) is 0 Å². The highest BCUT2D eigenvalue weighted by Gasteiger charge is 2.62. The van der Waals surface area contributed by atoms with Crippen LogP contribution < -0.4 is 0 Å². The number of hydrogen-bond donors (Lipinski definition) is 1. The van der Waals surface area contributed by atoms with E-state index in [0.29, 0.717) is 18.4 Å². The van der Waals surface area contributed by atoms with Crippen molar-refractivity contribution < 1.29 is 38.4 Å². The smallest absolute Gasteiger partial charge is 0.338 e. The Labute approximate surface area is 169 Å². The Morgan fingerprint density at radius 2 is 2.03 bits per heavy atom. The van der Waals surface area contributed by atoms with Crippen molar-refractivity contribution in [1.29, 1.82) is 0 Å². The molecule has 1 saturated carbocycles. The summed E-state index contributed by atoms with van der Waals surface area (Å²) in [5, 5.41) is 10.5. The number of aliphatic hydroxyl groups excluding tert-OH is 1. The Kier molecular flexibility index (Phi) is 5.87. The fourth-order valence-electron chi connectivity index (χ4n) is 3.98. The van der Waals surface area contributed by atoms with E-state index in [2.05, 4.69) is 6.58 Å². The molecular formula is C21H28O8. The van der Waals surface area contributed by atoms with Crippen LogP contribution in [-0.2, 0) is 33.3 Å². The highest BCUT2D eigenvalue weighted by Crippen LogP contribution is 2.49. The molecule has 3 rings (SSSR count). The lowest BCUT2D eigenvalue weighted by molar-refractivity contribution is -0.144. The summed E-state index contributed by atoms with van der Waals surface area (Å²) < 4.78 is 22.2. The molecule has 0 aromatic carbocycles. The van der Waals surface area contributed by atoms with Crippen LogP contribution >= 0.6 is 0 Å². The Balaban J connectivity index is 2.04. The summed E-state index contributed by atoms with van der Waals surface area (Å²) in [5.41, 5.74) is 0.269. The molecule has 0 bridgehead atoms. The Bertz CT molecular complexity index is 769. The molecule has 29 heavy (non-hydrogen) atoms. The molecule has 3 aliphatic rings. The maximum atomic E-state index is 12.6. The molecule has 2 heterocycles. The van der Waals surface area contributed by atoms with Crippen LogP contribution in [0.2, 0.25) is 0 Å². The molecule has 1 saturated heterocycles. The average Bonchev–Trinajstić information content (AvgIpc) is 3.20. The molecule has 160 valence electrons. The lowest BCUT2D eigenvalue weighted by Gasteiger charge is -2.29. The number of aliphatic hydroxyl groups is 1. The lowest BCUT2D eigenvalue weighted by atomic mass is 9.82. The van der Waals surface area contributed by atoms with Gasteiger partial charge in [-0.2, -0.15) is 0 Å². The number of fused-ring (bicyclic) bond motifs is 3. The number of ether oxygens (including phenoxy) is 4. The molecule has 1 aliphatic carbocycles. The molecule has 2 aliphatic heterocycles. The van der Waals surface area contributed by atoms with Crippen molar-refractivity contribution in [1.82, 2.24) is 0 Å². The van der Waals surface area contributed by atoms with Crippen molar-refractivity contribution in [3.8, 4) is 0 Å². The van der Waals surface area contributed by atoms with Gasteiger partial charge in [0.15, 0.2) is 6.10 Å². The van der Waals surface area contributed by atoms with Crippen LogP contribution in [0, 0.1) is 5.92 Å². The summed E-state index contributed by atoms with van der Waals surface area (Å²) >= 11 is 0. The molecule has 8 heteroatoms. The van der Waals surface area contributed by atoms with Gasteiger partial charge in [0.05, 0.1) is 17.3 Å². The Morgan fingerprint density at radius 1 is 1.34 bits per heavy atom. The van der Waals surface area contributed by atoms with Gasteiger partial charge in [-0.25, -0.2) is 9.59 Å². The van der Waals surface area contributed by atoms with Crippen molar-refractivity contribution >= 4 is 17.9 Å². The largest absolute Gasteiger partial charge is 0.461 e. The molecule has 0 unspecified atom stereocenters. The predicted octanol–water partition coefficient (Wildman–Crippen LogP) is 1.60. The van der Waals surface area contributed by atoms with Gasteiger partial charge in [-0.15, -0.1) is 0 Å².